The minimum Gasteiger partial charge on any atom is -0.457 e. The van der Waals surface area contributed by atoms with Gasteiger partial charge in [-0.05, 0) is 67.4 Å². The van der Waals surface area contributed by atoms with E-state index >= 15 is 0 Å². The number of nitrogens with zero attached hydrogens (tertiary/aromatic N) is 3. The molecule has 1 amide bonds. The maximum atomic E-state index is 12.8. The van der Waals surface area contributed by atoms with E-state index in [1.54, 1.807) is 0 Å². The fourth-order valence-electron chi connectivity index (χ4n) is 4.57. The average molecular weight is 414 g/mol. The van der Waals surface area contributed by atoms with Crippen molar-refractivity contribution in [2.75, 3.05) is 26.2 Å². The average Bonchev–Trinajstić information content (AvgIpc) is 2.80. The van der Waals surface area contributed by atoms with Crippen molar-refractivity contribution in [3.63, 3.8) is 0 Å². The SMILES string of the molecule is CC1(c2ccccn2)CCN2CCN(Cc3cccc(c3)Oc3cccc1c3)C(=O)C2. The number of hydrogen-bond acceptors (Lipinski definition) is 4. The Balaban J connectivity index is 1.59. The van der Waals surface area contributed by atoms with Crippen LogP contribution in [0.2, 0.25) is 0 Å². The summed E-state index contributed by atoms with van der Waals surface area (Å²) in [7, 11) is 0. The van der Waals surface area contributed by atoms with Gasteiger partial charge >= 0.3 is 0 Å². The van der Waals surface area contributed by atoms with Crippen molar-refractivity contribution in [2.24, 2.45) is 0 Å². The molecule has 0 spiro atoms. The number of ether oxygens (including phenoxy) is 1. The van der Waals surface area contributed by atoms with E-state index in [9.17, 15) is 4.79 Å². The molecule has 2 aromatic carbocycles. The molecule has 1 aromatic heterocycles. The molecule has 2 unspecified atom stereocenters. The van der Waals surface area contributed by atoms with Crippen LogP contribution in [0.15, 0.2) is 72.9 Å². The Hall–Kier alpha value is -3.18. The van der Waals surface area contributed by atoms with Crippen LogP contribution in [-0.2, 0) is 16.8 Å². The summed E-state index contributed by atoms with van der Waals surface area (Å²) in [6.07, 6.45) is 2.72. The van der Waals surface area contributed by atoms with Gasteiger partial charge in [0.25, 0.3) is 0 Å². The summed E-state index contributed by atoms with van der Waals surface area (Å²) in [5.74, 6) is 1.79. The lowest BCUT2D eigenvalue weighted by atomic mass is 9.76. The van der Waals surface area contributed by atoms with Crippen molar-refractivity contribution in [3.05, 3.63) is 89.7 Å². The summed E-state index contributed by atoms with van der Waals surface area (Å²) in [6.45, 7) is 5.80. The van der Waals surface area contributed by atoms with Gasteiger partial charge in [-0.1, -0.05) is 30.3 Å². The molecule has 3 aliphatic heterocycles. The van der Waals surface area contributed by atoms with E-state index in [-0.39, 0.29) is 11.3 Å². The molecule has 1 fully saturated rings. The zero-order valence-corrected chi connectivity index (χ0v) is 17.8. The standard InChI is InChI=1S/C26H27N3O2/c1-26(24-10-2-3-12-27-24)11-13-28-14-15-29(25(30)19-28)18-20-6-4-8-22(16-20)31-23-9-5-7-21(26)17-23/h2-10,12,16-17H,11,13-15,18-19H2,1H3. The van der Waals surface area contributed by atoms with Gasteiger partial charge in [0.1, 0.15) is 11.5 Å². The van der Waals surface area contributed by atoms with Gasteiger partial charge in [-0.15, -0.1) is 0 Å². The zero-order valence-electron chi connectivity index (χ0n) is 17.8. The lowest BCUT2D eigenvalue weighted by molar-refractivity contribution is -0.136. The smallest absolute Gasteiger partial charge is 0.237 e. The molecule has 5 nitrogen and oxygen atoms in total. The molecule has 31 heavy (non-hydrogen) atoms. The molecule has 0 aliphatic carbocycles. The summed E-state index contributed by atoms with van der Waals surface area (Å²) in [6, 6.07) is 22.4. The van der Waals surface area contributed by atoms with E-state index < -0.39 is 0 Å². The second-order valence-corrected chi connectivity index (χ2v) is 8.67. The molecule has 0 saturated carbocycles. The fraction of sp³-hybridized carbons (Fsp3) is 0.308. The van der Waals surface area contributed by atoms with Crippen molar-refractivity contribution in [1.29, 1.82) is 0 Å². The Morgan fingerprint density at radius 1 is 0.903 bits per heavy atom. The third-order valence-electron chi connectivity index (χ3n) is 6.53. The molecule has 3 aliphatic rings. The largest absolute Gasteiger partial charge is 0.457 e. The number of aromatic nitrogens is 1. The number of carbonyl (C=O) groups excluding carboxylic acids is 1. The monoisotopic (exact) mass is 413 g/mol. The number of pyridine rings is 1. The van der Waals surface area contributed by atoms with Crippen molar-refractivity contribution >= 4 is 5.91 Å². The van der Waals surface area contributed by atoms with Crippen LogP contribution < -0.4 is 4.74 Å². The van der Waals surface area contributed by atoms with Gasteiger partial charge in [-0.3, -0.25) is 14.7 Å². The third kappa shape index (κ3) is 4.06. The summed E-state index contributed by atoms with van der Waals surface area (Å²) >= 11 is 0. The van der Waals surface area contributed by atoms with Gasteiger partial charge in [0.05, 0.1) is 12.2 Å². The molecule has 6 bridgehead atoms. The summed E-state index contributed by atoms with van der Waals surface area (Å²) in [5.41, 5.74) is 3.00. The summed E-state index contributed by atoms with van der Waals surface area (Å²) < 4.78 is 6.24. The molecule has 2 atom stereocenters. The van der Waals surface area contributed by atoms with Crippen molar-refractivity contribution < 1.29 is 9.53 Å². The number of amides is 1. The number of hydrogen-bond donors (Lipinski definition) is 0. The Morgan fingerprint density at radius 2 is 1.74 bits per heavy atom. The summed E-state index contributed by atoms with van der Waals surface area (Å²) in [4.78, 5) is 21.8. The zero-order chi connectivity index (χ0) is 21.3. The first-order valence-electron chi connectivity index (χ1n) is 10.9. The topological polar surface area (TPSA) is 45.7 Å². The molecule has 5 heteroatoms. The first-order chi connectivity index (χ1) is 15.1. The number of rotatable bonds is 1. The predicted octanol–water partition coefficient (Wildman–Crippen LogP) is 4.23. The molecule has 3 aromatic rings. The number of benzene rings is 2. The third-order valence-corrected chi connectivity index (χ3v) is 6.53. The van der Waals surface area contributed by atoms with Crippen LogP contribution in [0, 0.1) is 0 Å². The maximum absolute atomic E-state index is 12.8. The van der Waals surface area contributed by atoms with Gasteiger partial charge in [-0.2, -0.15) is 0 Å². The van der Waals surface area contributed by atoms with E-state index in [1.165, 1.54) is 5.56 Å². The summed E-state index contributed by atoms with van der Waals surface area (Å²) in [5, 5.41) is 0. The Labute approximate surface area is 183 Å². The van der Waals surface area contributed by atoms with Gasteiger partial charge < -0.3 is 9.64 Å². The minimum atomic E-state index is -0.289. The Bertz CT molecular complexity index is 1080. The molecular formula is C26H27N3O2. The number of carbonyl (C=O) groups is 1. The van der Waals surface area contributed by atoms with Gasteiger partial charge in [0.2, 0.25) is 5.91 Å². The van der Waals surface area contributed by atoms with Crippen LogP contribution in [0.4, 0.5) is 0 Å². The molecule has 6 rings (SSSR count). The van der Waals surface area contributed by atoms with Crippen molar-refractivity contribution in [2.45, 2.75) is 25.3 Å². The van der Waals surface area contributed by atoms with Gasteiger partial charge in [0.15, 0.2) is 0 Å². The van der Waals surface area contributed by atoms with E-state index in [1.807, 2.05) is 47.5 Å². The molecule has 4 heterocycles. The van der Waals surface area contributed by atoms with E-state index in [2.05, 4.69) is 42.2 Å². The van der Waals surface area contributed by atoms with Crippen molar-refractivity contribution in [3.8, 4) is 11.5 Å². The van der Waals surface area contributed by atoms with Crippen molar-refractivity contribution in [1.82, 2.24) is 14.8 Å². The molecule has 0 N–H and O–H groups in total. The van der Waals surface area contributed by atoms with E-state index in [0.29, 0.717) is 13.1 Å². The quantitative estimate of drug-likeness (QED) is 0.599. The highest BCUT2D eigenvalue weighted by atomic mass is 16.5. The van der Waals surface area contributed by atoms with E-state index in [0.717, 1.165) is 48.8 Å². The second-order valence-electron chi connectivity index (χ2n) is 8.67. The minimum absolute atomic E-state index is 0.188. The second kappa shape index (κ2) is 8.16. The van der Waals surface area contributed by atoms with Crippen LogP contribution in [0.3, 0.4) is 0 Å². The number of piperazine rings is 1. The Morgan fingerprint density at radius 3 is 2.55 bits per heavy atom. The van der Waals surface area contributed by atoms with Crippen LogP contribution in [0.25, 0.3) is 0 Å². The van der Waals surface area contributed by atoms with Crippen LogP contribution >= 0.6 is 0 Å². The predicted molar refractivity (Wildman–Crippen MR) is 120 cm³/mol. The highest BCUT2D eigenvalue weighted by Gasteiger charge is 2.33. The van der Waals surface area contributed by atoms with Crippen LogP contribution in [0.1, 0.15) is 30.2 Å². The van der Waals surface area contributed by atoms with Crippen LogP contribution in [-0.4, -0.2) is 46.9 Å². The highest BCUT2D eigenvalue weighted by Crippen LogP contribution is 2.37. The molecule has 158 valence electrons. The molecular weight excluding hydrogens is 386 g/mol. The van der Waals surface area contributed by atoms with E-state index in [4.69, 9.17) is 9.72 Å². The normalized spacial score (nSPS) is 23.6. The Kier molecular flexibility index (Phi) is 5.20. The lowest BCUT2D eigenvalue weighted by Gasteiger charge is -2.37. The van der Waals surface area contributed by atoms with Gasteiger partial charge in [0, 0.05) is 31.2 Å². The first-order valence-corrected chi connectivity index (χ1v) is 10.9. The van der Waals surface area contributed by atoms with Gasteiger partial charge in [-0.25, -0.2) is 0 Å². The fourth-order valence-corrected chi connectivity index (χ4v) is 4.57. The maximum Gasteiger partial charge on any atom is 0.237 e. The molecule has 0 radical (unpaired) electrons. The molecule has 1 saturated heterocycles. The number of fused-ring (bicyclic) bond motifs is 4. The lowest BCUT2D eigenvalue weighted by Crippen LogP contribution is -2.50. The van der Waals surface area contributed by atoms with Crippen LogP contribution in [0.5, 0.6) is 11.5 Å². The first kappa shape index (κ1) is 19.8. The highest BCUT2D eigenvalue weighted by molar-refractivity contribution is 5.79.